The van der Waals surface area contributed by atoms with Crippen LogP contribution in [0.3, 0.4) is 0 Å². The molecule has 1 aromatic rings. The molecule has 1 heterocycles. The Balaban J connectivity index is 1.89. The van der Waals surface area contributed by atoms with Gasteiger partial charge in [0, 0.05) is 19.2 Å². The molecule has 1 saturated carbocycles. The minimum Gasteiger partial charge on any atom is -0.475 e. The first-order valence-corrected chi connectivity index (χ1v) is 8.35. The number of halogens is 4. The van der Waals surface area contributed by atoms with Gasteiger partial charge < -0.3 is 14.8 Å². The van der Waals surface area contributed by atoms with Crippen molar-refractivity contribution in [2.45, 2.75) is 37.9 Å². The van der Waals surface area contributed by atoms with Gasteiger partial charge in [0.05, 0.1) is 18.1 Å². The first kappa shape index (κ1) is 19.8. The molecule has 0 atom stereocenters. The lowest BCUT2D eigenvalue weighted by atomic mass is 9.85. The summed E-state index contributed by atoms with van der Waals surface area (Å²) in [6.45, 7) is 0.690. The van der Waals surface area contributed by atoms with Gasteiger partial charge in [0.2, 0.25) is 5.88 Å². The van der Waals surface area contributed by atoms with Crippen molar-refractivity contribution in [1.82, 2.24) is 10.3 Å². The van der Waals surface area contributed by atoms with Crippen LogP contribution in [-0.4, -0.2) is 43.4 Å². The van der Waals surface area contributed by atoms with Crippen molar-refractivity contribution >= 4 is 17.5 Å². The fraction of sp³-hybridized carbons (Fsp3) is 0.625. The SMILES string of the molecule is COCCOc1ccc(C(=O)NC2CCC(C(F)(F)F)CC2)c(Cl)n1. The molecule has 1 aliphatic carbocycles. The Labute approximate surface area is 148 Å². The maximum Gasteiger partial charge on any atom is 0.391 e. The standard InChI is InChI=1S/C16H20ClF3N2O3/c1-24-8-9-25-13-7-6-12(14(17)22-13)15(23)21-11-4-2-10(3-5-11)16(18,19)20/h6-7,10-11H,2-5,8-9H2,1H3,(H,21,23). The number of rotatable bonds is 6. The molecule has 25 heavy (non-hydrogen) atoms. The van der Waals surface area contributed by atoms with E-state index in [1.807, 2.05) is 0 Å². The van der Waals surface area contributed by atoms with Gasteiger partial charge in [-0.2, -0.15) is 13.2 Å². The van der Waals surface area contributed by atoms with E-state index in [1.165, 1.54) is 12.1 Å². The van der Waals surface area contributed by atoms with Crippen molar-refractivity contribution in [1.29, 1.82) is 0 Å². The van der Waals surface area contributed by atoms with Gasteiger partial charge >= 0.3 is 6.18 Å². The summed E-state index contributed by atoms with van der Waals surface area (Å²) in [5.41, 5.74) is 0.165. The second-order valence-corrected chi connectivity index (χ2v) is 6.25. The summed E-state index contributed by atoms with van der Waals surface area (Å²) in [6, 6.07) is 2.70. The zero-order valence-corrected chi connectivity index (χ0v) is 14.5. The number of alkyl halides is 3. The highest BCUT2D eigenvalue weighted by Gasteiger charge is 2.41. The topological polar surface area (TPSA) is 60.5 Å². The van der Waals surface area contributed by atoms with Crippen LogP contribution in [0, 0.1) is 5.92 Å². The van der Waals surface area contributed by atoms with Crippen LogP contribution in [0.25, 0.3) is 0 Å². The lowest BCUT2D eigenvalue weighted by Crippen LogP contribution is -2.40. The minimum absolute atomic E-state index is 0.0172. The van der Waals surface area contributed by atoms with E-state index >= 15 is 0 Å². The maximum atomic E-state index is 12.7. The molecule has 1 fully saturated rings. The van der Waals surface area contributed by atoms with Gasteiger partial charge in [-0.25, -0.2) is 4.98 Å². The van der Waals surface area contributed by atoms with Crippen LogP contribution in [-0.2, 0) is 4.74 Å². The molecular weight excluding hydrogens is 361 g/mol. The summed E-state index contributed by atoms with van der Waals surface area (Å²) in [5.74, 6) is -1.46. The normalized spacial score (nSPS) is 21.0. The van der Waals surface area contributed by atoms with Crippen molar-refractivity contribution in [2.75, 3.05) is 20.3 Å². The molecule has 9 heteroatoms. The van der Waals surface area contributed by atoms with Crippen molar-refractivity contribution in [3.63, 3.8) is 0 Å². The quantitative estimate of drug-likeness (QED) is 0.605. The van der Waals surface area contributed by atoms with E-state index in [0.29, 0.717) is 26.1 Å². The van der Waals surface area contributed by atoms with Crippen LogP contribution in [0.2, 0.25) is 5.15 Å². The fourth-order valence-electron chi connectivity index (χ4n) is 2.73. The number of pyridine rings is 1. The molecule has 140 valence electrons. The third-order valence-electron chi connectivity index (χ3n) is 4.13. The van der Waals surface area contributed by atoms with E-state index in [4.69, 9.17) is 21.1 Å². The molecule has 0 spiro atoms. The fourth-order valence-corrected chi connectivity index (χ4v) is 2.96. The van der Waals surface area contributed by atoms with Crippen molar-refractivity contribution in [3.8, 4) is 5.88 Å². The Bertz CT molecular complexity index is 590. The van der Waals surface area contributed by atoms with E-state index < -0.39 is 18.0 Å². The molecule has 0 saturated heterocycles. The Morgan fingerprint density at radius 2 is 1.96 bits per heavy atom. The number of hydrogen-bond donors (Lipinski definition) is 1. The number of ether oxygens (including phenoxy) is 2. The Morgan fingerprint density at radius 1 is 1.28 bits per heavy atom. The second-order valence-electron chi connectivity index (χ2n) is 5.89. The van der Waals surface area contributed by atoms with Crippen LogP contribution in [0.1, 0.15) is 36.0 Å². The molecule has 5 nitrogen and oxygen atoms in total. The van der Waals surface area contributed by atoms with E-state index in [9.17, 15) is 18.0 Å². The first-order valence-electron chi connectivity index (χ1n) is 7.97. The molecule has 0 aromatic carbocycles. The van der Waals surface area contributed by atoms with Crippen LogP contribution >= 0.6 is 11.6 Å². The lowest BCUT2D eigenvalue weighted by Gasteiger charge is -2.30. The van der Waals surface area contributed by atoms with Crippen molar-refractivity contribution in [3.05, 3.63) is 22.8 Å². The third kappa shape index (κ3) is 5.74. The highest BCUT2D eigenvalue weighted by Crippen LogP contribution is 2.37. The molecule has 1 N–H and O–H groups in total. The van der Waals surface area contributed by atoms with Gasteiger partial charge in [-0.1, -0.05) is 11.6 Å². The van der Waals surface area contributed by atoms with Crippen LogP contribution in [0.5, 0.6) is 5.88 Å². The predicted octanol–water partition coefficient (Wildman–Crippen LogP) is 3.61. The Hall–Kier alpha value is -1.54. The summed E-state index contributed by atoms with van der Waals surface area (Å²) in [7, 11) is 1.54. The average molecular weight is 381 g/mol. The van der Waals surface area contributed by atoms with E-state index in [2.05, 4.69) is 10.3 Å². The van der Waals surface area contributed by atoms with Gasteiger partial charge in [-0.05, 0) is 31.7 Å². The van der Waals surface area contributed by atoms with Crippen LogP contribution in [0.4, 0.5) is 13.2 Å². The highest BCUT2D eigenvalue weighted by atomic mass is 35.5. The number of nitrogens with zero attached hydrogens (tertiary/aromatic N) is 1. The highest BCUT2D eigenvalue weighted by molar-refractivity contribution is 6.32. The molecule has 0 bridgehead atoms. The van der Waals surface area contributed by atoms with E-state index in [1.54, 1.807) is 7.11 Å². The molecule has 1 aromatic heterocycles. The number of amides is 1. The van der Waals surface area contributed by atoms with Gasteiger partial charge in [0.1, 0.15) is 11.8 Å². The van der Waals surface area contributed by atoms with E-state index in [0.717, 1.165) is 0 Å². The lowest BCUT2D eigenvalue weighted by molar-refractivity contribution is -0.182. The average Bonchev–Trinajstić information content (AvgIpc) is 2.55. The molecular formula is C16H20ClF3N2O3. The van der Waals surface area contributed by atoms with Gasteiger partial charge in [-0.3, -0.25) is 4.79 Å². The zero-order valence-electron chi connectivity index (χ0n) is 13.7. The molecule has 0 radical (unpaired) electrons. The summed E-state index contributed by atoms with van der Waals surface area (Å²) >= 11 is 6.01. The number of nitrogens with one attached hydrogen (secondary N) is 1. The molecule has 1 aliphatic rings. The molecule has 0 unspecified atom stereocenters. The molecule has 2 rings (SSSR count). The van der Waals surface area contributed by atoms with Crippen LogP contribution < -0.4 is 10.1 Å². The molecule has 1 amide bonds. The predicted molar refractivity (Wildman–Crippen MR) is 85.9 cm³/mol. The van der Waals surface area contributed by atoms with Gasteiger partial charge in [-0.15, -0.1) is 0 Å². The number of aromatic nitrogens is 1. The molecule has 0 aliphatic heterocycles. The van der Waals surface area contributed by atoms with Gasteiger partial charge in [0.15, 0.2) is 0 Å². The maximum absolute atomic E-state index is 12.7. The smallest absolute Gasteiger partial charge is 0.391 e. The Morgan fingerprint density at radius 3 is 2.52 bits per heavy atom. The van der Waals surface area contributed by atoms with Crippen LogP contribution in [0.15, 0.2) is 12.1 Å². The second kappa shape index (κ2) is 8.71. The number of carbonyl (C=O) groups is 1. The van der Waals surface area contributed by atoms with Crippen molar-refractivity contribution < 1.29 is 27.4 Å². The summed E-state index contributed by atoms with van der Waals surface area (Å²) < 4.78 is 48.1. The summed E-state index contributed by atoms with van der Waals surface area (Å²) in [4.78, 5) is 16.2. The largest absolute Gasteiger partial charge is 0.475 e. The first-order chi connectivity index (χ1) is 11.8. The van der Waals surface area contributed by atoms with Crippen molar-refractivity contribution in [2.24, 2.45) is 5.92 Å². The Kier molecular flexibility index (Phi) is 6.89. The summed E-state index contributed by atoms with van der Waals surface area (Å²) in [6.07, 6.45) is -3.54. The summed E-state index contributed by atoms with van der Waals surface area (Å²) in [5, 5.41) is 2.71. The minimum atomic E-state index is -4.17. The van der Waals surface area contributed by atoms with E-state index in [-0.39, 0.29) is 35.5 Å². The number of methoxy groups -OCH3 is 1. The van der Waals surface area contributed by atoms with Gasteiger partial charge in [0.25, 0.3) is 5.91 Å². The monoisotopic (exact) mass is 380 g/mol. The number of carbonyl (C=O) groups excluding carboxylic acids is 1. The zero-order chi connectivity index (χ0) is 18.4. The third-order valence-corrected chi connectivity index (χ3v) is 4.42. The number of hydrogen-bond acceptors (Lipinski definition) is 4.